The summed E-state index contributed by atoms with van der Waals surface area (Å²) >= 11 is 0. The first-order valence-electron chi connectivity index (χ1n) is 9.13. The Morgan fingerprint density at radius 1 is 0.931 bits per heavy atom. The highest BCUT2D eigenvalue weighted by molar-refractivity contribution is 7.89. The lowest BCUT2D eigenvalue weighted by atomic mass is 10.3. The predicted octanol–water partition coefficient (Wildman–Crippen LogP) is 2.75. The Hall–Kier alpha value is -2.78. The first-order valence-corrected chi connectivity index (χ1v) is 10.6. The predicted molar refractivity (Wildman–Crippen MR) is 110 cm³/mol. The fraction of sp³-hybridized carbons (Fsp3) is 0.350. The molecule has 1 N–H and O–H groups in total. The second-order valence-electron chi connectivity index (χ2n) is 6.10. The van der Waals surface area contributed by atoms with E-state index >= 15 is 0 Å². The van der Waals surface area contributed by atoms with Gasteiger partial charge in [0.2, 0.25) is 10.0 Å². The number of carbonyl (C=O) groups excluding carboxylic acids is 1. The lowest BCUT2D eigenvalue weighted by Gasteiger charge is -2.17. The van der Waals surface area contributed by atoms with Crippen LogP contribution in [0.5, 0.6) is 17.2 Å². The van der Waals surface area contributed by atoms with Crippen molar-refractivity contribution in [1.29, 1.82) is 0 Å². The average Bonchev–Trinajstić information content (AvgIpc) is 2.68. The smallest absolute Gasteiger partial charge is 0.262 e. The van der Waals surface area contributed by atoms with Crippen molar-refractivity contribution >= 4 is 21.6 Å². The van der Waals surface area contributed by atoms with E-state index in [-0.39, 0.29) is 17.3 Å². The lowest BCUT2D eigenvalue weighted by molar-refractivity contribution is -0.118. The molecule has 0 atom stereocenters. The molecule has 158 valence electrons. The fourth-order valence-electron chi connectivity index (χ4n) is 2.44. The highest BCUT2D eigenvalue weighted by Crippen LogP contribution is 2.29. The molecule has 9 heteroatoms. The number of hydrogen-bond donors (Lipinski definition) is 1. The number of benzene rings is 2. The maximum atomic E-state index is 12.6. The third-order valence-electron chi connectivity index (χ3n) is 3.79. The topological polar surface area (TPSA) is 94.2 Å². The van der Waals surface area contributed by atoms with E-state index in [0.29, 0.717) is 30.4 Å². The average molecular weight is 423 g/mol. The van der Waals surface area contributed by atoms with Crippen LogP contribution in [0.1, 0.15) is 13.8 Å². The molecule has 0 aliphatic carbocycles. The Labute approximate surface area is 171 Å². The van der Waals surface area contributed by atoms with Crippen molar-refractivity contribution in [2.24, 2.45) is 0 Å². The van der Waals surface area contributed by atoms with E-state index in [1.54, 1.807) is 31.2 Å². The minimum Gasteiger partial charge on any atom is -0.492 e. The SMILES string of the molecule is CCOc1ccccc1OCC(=O)Nc1ccc(OCC)c(S(=O)(=O)N(C)C)c1. The molecule has 0 fully saturated rings. The zero-order valence-corrected chi connectivity index (χ0v) is 17.8. The molecule has 0 heterocycles. The molecule has 2 aromatic rings. The molecule has 0 aliphatic heterocycles. The van der Waals surface area contributed by atoms with Gasteiger partial charge in [0.15, 0.2) is 18.1 Å². The van der Waals surface area contributed by atoms with Crippen molar-refractivity contribution in [3.63, 3.8) is 0 Å². The number of anilines is 1. The molecule has 8 nitrogen and oxygen atoms in total. The maximum absolute atomic E-state index is 12.6. The Morgan fingerprint density at radius 3 is 2.10 bits per heavy atom. The van der Waals surface area contributed by atoms with Crippen molar-refractivity contribution in [3.05, 3.63) is 42.5 Å². The molecule has 0 radical (unpaired) electrons. The van der Waals surface area contributed by atoms with Crippen LogP contribution in [0.3, 0.4) is 0 Å². The number of sulfonamides is 1. The van der Waals surface area contributed by atoms with Gasteiger partial charge in [0.05, 0.1) is 13.2 Å². The van der Waals surface area contributed by atoms with Gasteiger partial charge >= 0.3 is 0 Å². The molecule has 0 saturated heterocycles. The molecule has 0 bridgehead atoms. The zero-order chi connectivity index (χ0) is 21.4. The molecule has 0 unspecified atom stereocenters. The van der Waals surface area contributed by atoms with Crippen LogP contribution in [-0.2, 0) is 14.8 Å². The second kappa shape index (κ2) is 10.1. The van der Waals surface area contributed by atoms with E-state index in [2.05, 4.69) is 5.32 Å². The quantitative estimate of drug-likeness (QED) is 0.633. The zero-order valence-electron chi connectivity index (χ0n) is 17.0. The van der Waals surface area contributed by atoms with Crippen molar-refractivity contribution in [3.8, 4) is 17.2 Å². The van der Waals surface area contributed by atoms with E-state index in [1.165, 1.54) is 26.2 Å². The normalized spacial score (nSPS) is 11.2. The van der Waals surface area contributed by atoms with Crippen molar-refractivity contribution in [1.82, 2.24) is 4.31 Å². The minimum absolute atomic E-state index is 0.0234. The number of hydrogen-bond acceptors (Lipinski definition) is 6. The first kappa shape index (κ1) is 22.5. The molecule has 1 amide bonds. The highest BCUT2D eigenvalue weighted by Gasteiger charge is 2.23. The van der Waals surface area contributed by atoms with Crippen LogP contribution in [0.4, 0.5) is 5.69 Å². The minimum atomic E-state index is -3.75. The largest absolute Gasteiger partial charge is 0.492 e. The number of ether oxygens (including phenoxy) is 3. The number of amides is 1. The van der Waals surface area contributed by atoms with Gasteiger partial charge in [-0.15, -0.1) is 0 Å². The molecular formula is C20H26N2O6S. The molecule has 29 heavy (non-hydrogen) atoms. The third-order valence-corrected chi connectivity index (χ3v) is 5.63. The number of para-hydroxylation sites is 2. The van der Waals surface area contributed by atoms with E-state index in [1.807, 2.05) is 13.0 Å². The summed E-state index contributed by atoms with van der Waals surface area (Å²) in [5, 5.41) is 2.64. The van der Waals surface area contributed by atoms with Crippen LogP contribution in [0.25, 0.3) is 0 Å². The number of nitrogens with zero attached hydrogens (tertiary/aromatic N) is 1. The number of nitrogens with one attached hydrogen (secondary N) is 1. The summed E-state index contributed by atoms with van der Waals surface area (Å²) in [5.74, 6) is 0.782. The Morgan fingerprint density at radius 2 is 1.52 bits per heavy atom. The Kier molecular flexibility index (Phi) is 7.86. The number of carbonyl (C=O) groups is 1. The van der Waals surface area contributed by atoms with Crippen LogP contribution in [0.15, 0.2) is 47.4 Å². The van der Waals surface area contributed by atoms with Crippen LogP contribution in [0.2, 0.25) is 0 Å². The molecule has 0 spiro atoms. The maximum Gasteiger partial charge on any atom is 0.262 e. The molecule has 0 saturated carbocycles. The van der Waals surface area contributed by atoms with Gasteiger partial charge < -0.3 is 19.5 Å². The molecular weight excluding hydrogens is 396 g/mol. The van der Waals surface area contributed by atoms with Crippen LogP contribution < -0.4 is 19.5 Å². The van der Waals surface area contributed by atoms with Crippen LogP contribution in [-0.4, -0.2) is 52.5 Å². The van der Waals surface area contributed by atoms with Gasteiger partial charge in [-0.05, 0) is 44.2 Å². The first-order chi connectivity index (χ1) is 13.8. The van der Waals surface area contributed by atoms with E-state index < -0.39 is 15.9 Å². The molecule has 2 rings (SSSR count). The van der Waals surface area contributed by atoms with Crippen LogP contribution in [0, 0.1) is 0 Å². The molecule has 0 aliphatic rings. The fourth-order valence-corrected chi connectivity index (χ4v) is 3.49. The van der Waals surface area contributed by atoms with Crippen molar-refractivity contribution in [2.45, 2.75) is 18.7 Å². The molecule has 2 aromatic carbocycles. The van der Waals surface area contributed by atoms with E-state index in [4.69, 9.17) is 14.2 Å². The van der Waals surface area contributed by atoms with Gasteiger partial charge in [0.25, 0.3) is 5.91 Å². The van der Waals surface area contributed by atoms with Crippen molar-refractivity contribution in [2.75, 3.05) is 39.2 Å². The van der Waals surface area contributed by atoms with Gasteiger partial charge in [0, 0.05) is 19.8 Å². The van der Waals surface area contributed by atoms with E-state index in [9.17, 15) is 13.2 Å². The summed E-state index contributed by atoms with van der Waals surface area (Å²) in [5.41, 5.74) is 0.320. The number of rotatable bonds is 10. The summed E-state index contributed by atoms with van der Waals surface area (Å²) in [6.45, 7) is 4.15. The Balaban J connectivity index is 2.14. The van der Waals surface area contributed by atoms with Gasteiger partial charge in [-0.1, -0.05) is 12.1 Å². The van der Waals surface area contributed by atoms with Gasteiger partial charge in [-0.2, -0.15) is 0 Å². The summed E-state index contributed by atoms with van der Waals surface area (Å²) < 4.78 is 42.6. The lowest BCUT2D eigenvalue weighted by Crippen LogP contribution is -2.24. The molecule has 0 aromatic heterocycles. The van der Waals surface area contributed by atoms with Crippen molar-refractivity contribution < 1.29 is 27.4 Å². The standard InChI is InChI=1S/C20H26N2O6S/c1-5-26-16-9-7-8-10-17(16)28-14-20(23)21-15-11-12-18(27-6-2)19(13-15)29(24,25)22(3)4/h7-13H,5-6,14H2,1-4H3,(H,21,23). The Bertz CT molecular complexity index is 944. The van der Waals surface area contributed by atoms with Gasteiger partial charge in [0.1, 0.15) is 10.6 Å². The summed E-state index contributed by atoms with van der Waals surface area (Å²) in [4.78, 5) is 12.3. The van der Waals surface area contributed by atoms with E-state index in [0.717, 1.165) is 4.31 Å². The van der Waals surface area contributed by atoms with Gasteiger partial charge in [-0.25, -0.2) is 12.7 Å². The van der Waals surface area contributed by atoms with Crippen LogP contribution >= 0.6 is 0 Å². The summed E-state index contributed by atoms with van der Waals surface area (Å²) in [6, 6.07) is 11.5. The van der Waals surface area contributed by atoms with Gasteiger partial charge in [-0.3, -0.25) is 4.79 Å². The summed E-state index contributed by atoms with van der Waals surface area (Å²) in [6.07, 6.45) is 0. The summed E-state index contributed by atoms with van der Waals surface area (Å²) in [7, 11) is -0.885. The monoisotopic (exact) mass is 422 g/mol. The second-order valence-corrected chi connectivity index (χ2v) is 8.22. The third kappa shape index (κ3) is 5.85. The highest BCUT2D eigenvalue weighted by atomic mass is 32.2.